The fourth-order valence-electron chi connectivity index (χ4n) is 1.30. The number of nitrogen functional groups attached to an aromatic ring is 1. The molecule has 3 N–H and O–H groups in total. The molecule has 0 fully saturated rings. The molecule has 2 aromatic rings. The van der Waals surface area contributed by atoms with Gasteiger partial charge in [-0.15, -0.1) is 0 Å². The molecule has 2 rings (SSSR count). The standard InChI is InChI=1S/C10H8BrN5O3/c11-6-1-2-8(7(5-6)16(17)18)19-9-3-4-13-10(14-9)15-12/h1-5H,12H2,(H,13,14,15). The maximum Gasteiger partial charge on any atom is 0.312 e. The van der Waals surface area contributed by atoms with Gasteiger partial charge in [0.1, 0.15) is 0 Å². The molecule has 0 aliphatic carbocycles. The number of hydrazine groups is 1. The van der Waals surface area contributed by atoms with Gasteiger partial charge < -0.3 is 4.74 Å². The van der Waals surface area contributed by atoms with Gasteiger partial charge in [0, 0.05) is 22.8 Å². The van der Waals surface area contributed by atoms with Crippen LogP contribution in [0.4, 0.5) is 11.6 Å². The summed E-state index contributed by atoms with van der Waals surface area (Å²) in [5.74, 6) is 5.54. The molecule has 1 aromatic carbocycles. The number of nitrogens with one attached hydrogen (secondary N) is 1. The van der Waals surface area contributed by atoms with Crippen molar-refractivity contribution in [1.29, 1.82) is 0 Å². The Hall–Kier alpha value is -2.26. The molecule has 1 heterocycles. The second kappa shape index (κ2) is 5.59. The highest BCUT2D eigenvalue weighted by atomic mass is 79.9. The van der Waals surface area contributed by atoms with Crippen LogP contribution >= 0.6 is 15.9 Å². The largest absolute Gasteiger partial charge is 0.432 e. The third kappa shape index (κ3) is 3.14. The summed E-state index contributed by atoms with van der Waals surface area (Å²) in [4.78, 5) is 18.1. The van der Waals surface area contributed by atoms with E-state index in [2.05, 4.69) is 31.3 Å². The molecule has 0 aliphatic rings. The van der Waals surface area contributed by atoms with Crippen LogP contribution in [0.2, 0.25) is 0 Å². The number of nitro groups is 1. The molecule has 0 unspecified atom stereocenters. The summed E-state index contributed by atoms with van der Waals surface area (Å²) in [6.07, 6.45) is 1.42. The van der Waals surface area contributed by atoms with E-state index >= 15 is 0 Å². The number of rotatable bonds is 4. The van der Waals surface area contributed by atoms with Crippen LogP contribution in [0.25, 0.3) is 0 Å². The molecule has 0 saturated carbocycles. The Balaban J connectivity index is 2.34. The summed E-state index contributed by atoms with van der Waals surface area (Å²) in [5, 5.41) is 10.9. The monoisotopic (exact) mass is 325 g/mol. The number of ether oxygens (including phenoxy) is 1. The summed E-state index contributed by atoms with van der Waals surface area (Å²) in [5.41, 5.74) is 2.08. The van der Waals surface area contributed by atoms with Gasteiger partial charge in [0.15, 0.2) is 0 Å². The van der Waals surface area contributed by atoms with Crippen molar-refractivity contribution in [3.05, 3.63) is 45.0 Å². The van der Waals surface area contributed by atoms with Crippen molar-refractivity contribution >= 4 is 27.6 Å². The van der Waals surface area contributed by atoms with E-state index < -0.39 is 4.92 Å². The van der Waals surface area contributed by atoms with Gasteiger partial charge in [-0.2, -0.15) is 4.98 Å². The lowest BCUT2D eigenvalue weighted by atomic mass is 10.3. The highest BCUT2D eigenvalue weighted by molar-refractivity contribution is 9.10. The average molecular weight is 326 g/mol. The van der Waals surface area contributed by atoms with E-state index in [1.54, 1.807) is 6.07 Å². The van der Waals surface area contributed by atoms with Crippen molar-refractivity contribution in [2.45, 2.75) is 0 Å². The van der Waals surface area contributed by atoms with Crippen LogP contribution in [0.15, 0.2) is 34.9 Å². The van der Waals surface area contributed by atoms with Gasteiger partial charge in [-0.05, 0) is 12.1 Å². The minimum absolute atomic E-state index is 0.0786. The highest BCUT2D eigenvalue weighted by Gasteiger charge is 2.16. The maximum atomic E-state index is 10.9. The van der Waals surface area contributed by atoms with E-state index in [0.717, 1.165) is 0 Å². The predicted molar refractivity (Wildman–Crippen MR) is 70.7 cm³/mol. The number of halogens is 1. The number of anilines is 1. The summed E-state index contributed by atoms with van der Waals surface area (Å²) < 4.78 is 5.94. The van der Waals surface area contributed by atoms with Crippen LogP contribution in [-0.2, 0) is 0 Å². The molecule has 8 nitrogen and oxygen atoms in total. The Morgan fingerprint density at radius 1 is 1.42 bits per heavy atom. The van der Waals surface area contributed by atoms with Crippen LogP contribution in [-0.4, -0.2) is 14.9 Å². The Kier molecular flexibility index (Phi) is 3.88. The summed E-state index contributed by atoms with van der Waals surface area (Å²) in [6, 6.07) is 5.91. The number of hydrogen-bond acceptors (Lipinski definition) is 7. The first-order chi connectivity index (χ1) is 9.10. The van der Waals surface area contributed by atoms with Crippen molar-refractivity contribution in [2.24, 2.45) is 5.84 Å². The quantitative estimate of drug-likeness (QED) is 0.502. The second-order valence-electron chi connectivity index (χ2n) is 3.33. The van der Waals surface area contributed by atoms with Gasteiger partial charge in [-0.3, -0.25) is 15.5 Å². The van der Waals surface area contributed by atoms with Gasteiger partial charge in [0.25, 0.3) is 0 Å². The number of nitrogens with two attached hydrogens (primary N) is 1. The van der Waals surface area contributed by atoms with Crippen molar-refractivity contribution in [2.75, 3.05) is 5.43 Å². The van der Waals surface area contributed by atoms with Gasteiger partial charge in [0.05, 0.1) is 4.92 Å². The zero-order valence-electron chi connectivity index (χ0n) is 9.41. The summed E-state index contributed by atoms with van der Waals surface area (Å²) >= 11 is 3.16. The number of hydrogen-bond donors (Lipinski definition) is 2. The number of nitrogens with zero attached hydrogens (tertiary/aromatic N) is 3. The molecule has 0 amide bonds. The Labute approximate surface area is 115 Å². The van der Waals surface area contributed by atoms with E-state index in [1.165, 1.54) is 24.4 Å². The molecular weight excluding hydrogens is 318 g/mol. The molecule has 0 saturated heterocycles. The zero-order chi connectivity index (χ0) is 13.8. The van der Waals surface area contributed by atoms with Gasteiger partial charge in [0.2, 0.25) is 17.6 Å². The molecule has 9 heteroatoms. The van der Waals surface area contributed by atoms with Crippen molar-refractivity contribution in [1.82, 2.24) is 9.97 Å². The molecule has 0 radical (unpaired) electrons. The number of benzene rings is 1. The van der Waals surface area contributed by atoms with Gasteiger partial charge >= 0.3 is 5.69 Å². The fourth-order valence-corrected chi connectivity index (χ4v) is 1.65. The molecule has 0 spiro atoms. The van der Waals surface area contributed by atoms with E-state index in [1.807, 2.05) is 0 Å². The van der Waals surface area contributed by atoms with E-state index in [4.69, 9.17) is 10.6 Å². The second-order valence-corrected chi connectivity index (χ2v) is 4.25. The third-order valence-corrected chi connectivity index (χ3v) is 2.58. The lowest BCUT2D eigenvalue weighted by Gasteiger charge is -2.06. The van der Waals surface area contributed by atoms with Crippen molar-refractivity contribution in [3.8, 4) is 11.6 Å². The molecular formula is C10H8BrN5O3. The topological polar surface area (TPSA) is 116 Å². The smallest absolute Gasteiger partial charge is 0.312 e. The van der Waals surface area contributed by atoms with Crippen LogP contribution in [0.1, 0.15) is 0 Å². The minimum atomic E-state index is -0.538. The Morgan fingerprint density at radius 3 is 2.89 bits per heavy atom. The Morgan fingerprint density at radius 2 is 2.21 bits per heavy atom. The number of aromatic nitrogens is 2. The fraction of sp³-hybridized carbons (Fsp3) is 0. The first kappa shape index (κ1) is 13.2. The molecule has 0 atom stereocenters. The van der Waals surface area contributed by atoms with Gasteiger partial charge in [-0.1, -0.05) is 15.9 Å². The predicted octanol–water partition coefficient (Wildman–Crippen LogP) is 2.23. The minimum Gasteiger partial charge on any atom is -0.432 e. The molecule has 0 aliphatic heterocycles. The van der Waals surface area contributed by atoms with Crippen LogP contribution < -0.4 is 16.0 Å². The molecule has 1 aromatic heterocycles. The maximum absolute atomic E-state index is 10.9. The summed E-state index contributed by atoms with van der Waals surface area (Å²) in [7, 11) is 0. The Bertz CT molecular complexity index is 622. The van der Waals surface area contributed by atoms with Gasteiger partial charge in [-0.25, -0.2) is 10.8 Å². The lowest BCUT2D eigenvalue weighted by molar-refractivity contribution is -0.385. The third-order valence-electron chi connectivity index (χ3n) is 2.09. The molecule has 0 bridgehead atoms. The van der Waals surface area contributed by atoms with Crippen LogP contribution in [0, 0.1) is 10.1 Å². The molecule has 19 heavy (non-hydrogen) atoms. The van der Waals surface area contributed by atoms with E-state index in [9.17, 15) is 10.1 Å². The van der Waals surface area contributed by atoms with E-state index in [0.29, 0.717) is 4.47 Å². The van der Waals surface area contributed by atoms with Crippen LogP contribution in [0.5, 0.6) is 11.6 Å². The lowest BCUT2D eigenvalue weighted by Crippen LogP contribution is -2.10. The van der Waals surface area contributed by atoms with Crippen molar-refractivity contribution in [3.63, 3.8) is 0 Å². The number of nitro benzene ring substituents is 1. The summed E-state index contributed by atoms with van der Waals surface area (Å²) in [6.45, 7) is 0. The van der Waals surface area contributed by atoms with Crippen LogP contribution in [0.3, 0.4) is 0 Å². The first-order valence-electron chi connectivity index (χ1n) is 5.01. The SMILES string of the molecule is NNc1nccc(Oc2ccc(Br)cc2[N+](=O)[O-])n1. The highest BCUT2D eigenvalue weighted by Crippen LogP contribution is 2.32. The van der Waals surface area contributed by atoms with E-state index in [-0.39, 0.29) is 23.3 Å². The average Bonchev–Trinajstić information content (AvgIpc) is 2.41. The van der Waals surface area contributed by atoms with Crippen molar-refractivity contribution < 1.29 is 9.66 Å². The zero-order valence-corrected chi connectivity index (χ0v) is 11.0. The first-order valence-corrected chi connectivity index (χ1v) is 5.81. The molecule has 98 valence electrons. The normalized spacial score (nSPS) is 10.0.